The number of rotatable bonds is 4. The number of nitrogen functional groups attached to an aromatic ring is 1. The molecule has 0 aliphatic heterocycles. The highest BCUT2D eigenvalue weighted by molar-refractivity contribution is 5.82. The molecule has 2 N–H and O–H groups in total. The molecule has 0 saturated heterocycles. The molecule has 1 aliphatic rings. The minimum Gasteiger partial charge on any atom is -0.461 e. The lowest BCUT2D eigenvalue weighted by Crippen LogP contribution is -2.37. The predicted molar refractivity (Wildman–Crippen MR) is 86.0 cm³/mol. The standard InChI is InChI=1S/C18H27NO2/c1-4-13-7-5-6-8-16(13)21-17(20)18(2,3)14-9-11-15(19)12-10-14/h9-13,16H,4-8,19H2,1-3H3. The summed E-state index contributed by atoms with van der Waals surface area (Å²) in [4.78, 5) is 12.6. The molecule has 0 heterocycles. The van der Waals surface area contributed by atoms with Crippen LogP contribution in [0.4, 0.5) is 5.69 Å². The molecule has 0 aromatic heterocycles. The first-order chi connectivity index (χ1) is 9.95. The average Bonchev–Trinajstić information content (AvgIpc) is 2.48. The number of benzene rings is 1. The van der Waals surface area contributed by atoms with E-state index in [2.05, 4.69) is 6.92 Å². The Bertz CT molecular complexity index is 478. The zero-order chi connectivity index (χ0) is 15.5. The maximum absolute atomic E-state index is 12.6. The van der Waals surface area contributed by atoms with Crippen molar-refractivity contribution in [3.8, 4) is 0 Å². The van der Waals surface area contributed by atoms with Crippen LogP contribution < -0.4 is 5.73 Å². The molecule has 1 fully saturated rings. The van der Waals surface area contributed by atoms with Gasteiger partial charge in [0.2, 0.25) is 0 Å². The summed E-state index contributed by atoms with van der Waals surface area (Å²) in [6.07, 6.45) is 5.77. The van der Waals surface area contributed by atoms with Gasteiger partial charge in [-0.25, -0.2) is 0 Å². The van der Waals surface area contributed by atoms with E-state index in [1.165, 1.54) is 12.8 Å². The van der Waals surface area contributed by atoms with Gasteiger partial charge in [-0.15, -0.1) is 0 Å². The molecule has 21 heavy (non-hydrogen) atoms. The number of carbonyl (C=O) groups excluding carboxylic acids is 1. The molecular weight excluding hydrogens is 262 g/mol. The Morgan fingerprint density at radius 3 is 2.48 bits per heavy atom. The summed E-state index contributed by atoms with van der Waals surface area (Å²) in [6, 6.07) is 7.49. The SMILES string of the molecule is CCC1CCCCC1OC(=O)C(C)(C)c1ccc(N)cc1. The van der Waals surface area contributed by atoms with Crippen LogP contribution in [-0.2, 0) is 14.9 Å². The number of hydrogen-bond donors (Lipinski definition) is 1. The number of ether oxygens (including phenoxy) is 1. The lowest BCUT2D eigenvalue weighted by molar-refractivity contribution is -0.159. The highest BCUT2D eigenvalue weighted by Crippen LogP contribution is 2.32. The van der Waals surface area contributed by atoms with Crippen LogP contribution in [0.5, 0.6) is 0 Å². The summed E-state index contributed by atoms with van der Waals surface area (Å²) < 4.78 is 5.87. The van der Waals surface area contributed by atoms with Gasteiger partial charge >= 0.3 is 5.97 Å². The number of hydrogen-bond acceptors (Lipinski definition) is 3. The molecule has 2 rings (SSSR count). The first-order valence-corrected chi connectivity index (χ1v) is 8.02. The van der Waals surface area contributed by atoms with Gasteiger partial charge in [0.1, 0.15) is 6.10 Å². The van der Waals surface area contributed by atoms with Gasteiger partial charge < -0.3 is 10.5 Å². The van der Waals surface area contributed by atoms with Crippen LogP contribution in [-0.4, -0.2) is 12.1 Å². The minimum atomic E-state index is -0.635. The van der Waals surface area contributed by atoms with E-state index in [1.54, 1.807) is 0 Å². The Balaban J connectivity index is 2.08. The Hall–Kier alpha value is -1.51. The molecule has 3 nitrogen and oxygen atoms in total. The van der Waals surface area contributed by atoms with Crippen molar-refractivity contribution in [3.63, 3.8) is 0 Å². The molecule has 0 radical (unpaired) electrons. The highest BCUT2D eigenvalue weighted by atomic mass is 16.5. The lowest BCUT2D eigenvalue weighted by atomic mass is 9.82. The van der Waals surface area contributed by atoms with Crippen molar-refractivity contribution in [3.05, 3.63) is 29.8 Å². The van der Waals surface area contributed by atoms with Crippen molar-refractivity contribution in [2.45, 2.75) is 64.4 Å². The van der Waals surface area contributed by atoms with Crippen LogP contribution in [0.15, 0.2) is 24.3 Å². The first kappa shape index (κ1) is 15.9. The number of esters is 1. The zero-order valence-corrected chi connectivity index (χ0v) is 13.4. The second-order valence-corrected chi connectivity index (χ2v) is 6.64. The summed E-state index contributed by atoms with van der Waals surface area (Å²) in [5.74, 6) is 0.391. The van der Waals surface area contributed by atoms with Crippen LogP contribution in [0.3, 0.4) is 0 Å². The van der Waals surface area contributed by atoms with Crippen molar-refractivity contribution in [2.24, 2.45) is 5.92 Å². The fourth-order valence-corrected chi connectivity index (χ4v) is 3.10. The summed E-state index contributed by atoms with van der Waals surface area (Å²) in [6.45, 7) is 6.03. The van der Waals surface area contributed by atoms with E-state index in [1.807, 2.05) is 38.1 Å². The Kier molecular flexibility index (Phi) is 4.92. The van der Waals surface area contributed by atoms with E-state index in [0.717, 1.165) is 24.8 Å². The molecule has 2 atom stereocenters. The molecule has 1 aromatic rings. The molecule has 0 bridgehead atoms. The Labute approximate surface area is 127 Å². The third kappa shape index (κ3) is 3.58. The predicted octanol–water partition coefficient (Wildman–Crippen LogP) is 4.06. The maximum atomic E-state index is 12.6. The highest BCUT2D eigenvalue weighted by Gasteiger charge is 2.35. The normalized spacial score (nSPS) is 22.8. The number of carbonyl (C=O) groups is 1. The number of anilines is 1. The van der Waals surface area contributed by atoms with Crippen LogP contribution in [0, 0.1) is 5.92 Å². The van der Waals surface area contributed by atoms with E-state index >= 15 is 0 Å². The second kappa shape index (κ2) is 6.50. The molecule has 1 aliphatic carbocycles. The third-order valence-corrected chi connectivity index (χ3v) is 4.76. The fraction of sp³-hybridized carbons (Fsp3) is 0.611. The topological polar surface area (TPSA) is 52.3 Å². The zero-order valence-electron chi connectivity index (χ0n) is 13.4. The third-order valence-electron chi connectivity index (χ3n) is 4.76. The van der Waals surface area contributed by atoms with Gasteiger partial charge in [0.25, 0.3) is 0 Å². The van der Waals surface area contributed by atoms with Crippen molar-refractivity contribution in [1.82, 2.24) is 0 Å². The van der Waals surface area contributed by atoms with E-state index < -0.39 is 5.41 Å². The van der Waals surface area contributed by atoms with Gasteiger partial charge in [-0.05, 0) is 63.1 Å². The summed E-state index contributed by atoms with van der Waals surface area (Å²) in [7, 11) is 0. The fourth-order valence-electron chi connectivity index (χ4n) is 3.10. The second-order valence-electron chi connectivity index (χ2n) is 6.64. The maximum Gasteiger partial charge on any atom is 0.316 e. The summed E-state index contributed by atoms with van der Waals surface area (Å²) >= 11 is 0. The van der Waals surface area contributed by atoms with Crippen molar-refractivity contribution in [2.75, 3.05) is 5.73 Å². The van der Waals surface area contributed by atoms with E-state index in [0.29, 0.717) is 11.6 Å². The van der Waals surface area contributed by atoms with Crippen LogP contribution in [0.1, 0.15) is 58.4 Å². The monoisotopic (exact) mass is 289 g/mol. The molecule has 3 heteroatoms. The van der Waals surface area contributed by atoms with Crippen molar-refractivity contribution < 1.29 is 9.53 Å². The molecule has 2 unspecified atom stereocenters. The molecule has 0 amide bonds. The van der Waals surface area contributed by atoms with Crippen LogP contribution in [0.25, 0.3) is 0 Å². The van der Waals surface area contributed by atoms with Gasteiger partial charge in [-0.2, -0.15) is 0 Å². The first-order valence-electron chi connectivity index (χ1n) is 8.02. The van der Waals surface area contributed by atoms with E-state index in [4.69, 9.17) is 10.5 Å². The molecular formula is C18H27NO2. The van der Waals surface area contributed by atoms with Gasteiger partial charge in [-0.3, -0.25) is 4.79 Å². The Morgan fingerprint density at radius 1 is 1.24 bits per heavy atom. The van der Waals surface area contributed by atoms with Crippen LogP contribution in [0.2, 0.25) is 0 Å². The number of nitrogens with two attached hydrogens (primary N) is 1. The Morgan fingerprint density at radius 2 is 1.86 bits per heavy atom. The lowest BCUT2D eigenvalue weighted by Gasteiger charge is -2.33. The molecule has 1 aromatic carbocycles. The summed E-state index contributed by atoms with van der Waals surface area (Å²) in [5.41, 5.74) is 6.74. The minimum absolute atomic E-state index is 0.0873. The van der Waals surface area contributed by atoms with Crippen molar-refractivity contribution in [1.29, 1.82) is 0 Å². The largest absolute Gasteiger partial charge is 0.461 e. The van der Waals surface area contributed by atoms with Gasteiger partial charge in [0, 0.05) is 5.69 Å². The molecule has 1 saturated carbocycles. The smallest absolute Gasteiger partial charge is 0.316 e. The molecule has 116 valence electrons. The van der Waals surface area contributed by atoms with Crippen LogP contribution >= 0.6 is 0 Å². The molecule has 0 spiro atoms. The average molecular weight is 289 g/mol. The van der Waals surface area contributed by atoms with Gasteiger partial charge in [-0.1, -0.05) is 25.5 Å². The summed E-state index contributed by atoms with van der Waals surface area (Å²) in [5, 5.41) is 0. The van der Waals surface area contributed by atoms with E-state index in [9.17, 15) is 4.79 Å². The van der Waals surface area contributed by atoms with E-state index in [-0.39, 0.29) is 12.1 Å². The van der Waals surface area contributed by atoms with Crippen molar-refractivity contribution >= 4 is 11.7 Å². The quantitative estimate of drug-likeness (QED) is 0.672. The van der Waals surface area contributed by atoms with Gasteiger partial charge in [0.15, 0.2) is 0 Å². The van der Waals surface area contributed by atoms with Gasteiger partial charge in [0.05, 0.1) is 5.41 Å².